The molecule has 0 aliphatic heterocycles. The number of aryl methyl sites for hydroxylation is 1. The van der Waals surface area contributed by atoms with E-state index in [1.165, 1.54) is 12.8 Å². The van der Waals surface area contributed by atoms with Gasteiger partial charge in [0, 0.05) is 12.3 Å². The van der Waals surface area contributed by atoms with Crippen molar-refractivity contribution in [3.63, 3.8) is 0 Å². The predicted octanol–water partition coefficient (Wildman–Crippen LogP) is 3.96. The summed E-state index contributed by atoms with van der Waals surface area (Å²) in [5.41, 5.74) is 0. The van der Waals surface area contributed by atoms with Crippen LogP contribution in [-0.4, -0.2) is 14.5 Å². The molecule has 1 aromatic rings. The molecule has 0 saturated heterocycles. The van der Waals surface area contributed by atoms with Gasteiger partial charge >= 0.3 is 0 Å². The summed E-state index contributed by atoms with van der Waals surface area (Å²) >= 11 is 12.6. The minimum Gasteiger partial charge on any atom is -0.339 e. The largest absolute Gasteiger partial charge is 0.339 e. The summed E-state index contributed by atoms with van der Waals surface area (Å²) < 4.78 is 4.99. The van der Waals surface area contributed by atoms with Gasteiger partial charge in [0.1, 0.15) is 4.33 Å². The van der Waals surface area contributed by atoms with Crippen LogP contribution >= 0.6 is 23.2 Å². The number of fused-ring (bicyclic) bond motifs is 2. The molecule has 1 heterocycles. The van der Waals surface area contributed by atoms with Crippen molar-refractivity contribution in [2.45, 2.75) is 49.3 Å². The molecule has 4 rings (SSSR count). The van der Waals surface area contributed by atoms with Gasteiger partial charge in [0.25, 0.3) is 0 Å². The van der Waals surface area contributed by atoms with Crippen LogP contribution in [0.1, 0.15) is 50.2 Å². The van der Waals surface area contributed by atoms with Gasteiger partial charge in [-0.25, -0.2) is 0 Å². The first-order valence-corrected chi connectivity index (χ1v) is 8.08. The number of alkyl halides is 2. The monoisotopic (exact) mass is 300 g/mol. The number of hydrogen-bond acceptors (Lipinski definition) is 3. The maximum atomic E-state index is 6.32. The molecule has 19 heavy (non-hydrogen) atoms. The highest BCUT2D eigenvalue weighted by atomic mass is 35.5. The Labute approximate surface area is 123 Å². The van der Waals surface area contributed by atoms with Crippen molar-refractivity contribution < 1.29 is 4.52 Å². The minimum absolute atomic E-state index is 0.424. The molecular formula is C14H18Cl2N2O. The van der Waals surface area contributed by atoms with Crippen LogP contribution < -0.4 is 0 Å². The van der Waals surface area contributed by atoms with E-state index in [1.807, 2.05) is 0 Å². The van der Waals surface area contributed by atoms with Gasteiger partial charge in [0.15, 0.2) is 5.82 Å². The molecule has 4 unspecified atom stereocenters. The standard InChI is InChI=1S/C14H18Cl2N2O/c1-2-11-17-13(19-18-11)12-7-3-5-9-10(14(9,15)16)6-4-8(7)12/h7-10,12H,2-6H2,1H3. The van der Waals surface area contributed by atoms with Crippen molar-refractivity contribution in [3.8, 4) is 0 Å². The van der Waals surface area contributed by atoms with Crippen LogP contribution in [-0.2, 0) is 6.42 Å². The lowest BCUT2D eigenvalue weighted by molar-refractivity contribution is 0.366. The van der Waals surface area contributed by atoms with Gasteiger partial charge in [-0.15, -0.1) is 23.2 Å². The lowest BCUT2D eigenvalue weighted by Crippen LogP contribution is -1.93. The smallest absolute Gasteiger partial charge is 0.230 e. The highest BCUT2D eigenvalue weighted by molar-refractivity contribution is 6.51. The van der Waals surface area contributed by atoms with Crippen LogP contribution in [0.5, 0.6) is 0 Å². The fourth-order valence-corrected chi connectivity index (χ4v) is 5.06. The van der Waals surface area contributed by atoms with Crippen LogP contribution in [0.2, 0.25) is 0 Å². The van der Waals surface area contributed by atoms with Crippen LogP contribution in [0.4, 0.5) is 0 Å². The van der Waals surface area contributed by atoms with E-state index >= 15 is 0 Å². The minimum atomic E-state index is -0.424. The second kappa shape index (κ2) is 4.11. The van der Waals surface area contributed by atoms with Crippen molar-refractivity contribution in [2.24, 2.45) is 23.7 Å². The Balaban J connectivity index is 1.46. The van der Waals surface area contributed by atoms with E-state index in [1.54, 1.807) is 0 Å². The summed E-state index contributed by atoms with van der Waals surface area (Å²) in [5.74, 6) is 4.68. The van der Waals surface area contributed by atoms with E-state index < -0.39 is 4.33 Å². The topological polar surface area (TPSA) is 38.9 Å². The SMILES string of the molecule is CCc1noc(C2C3CCC4C(CCC32)C4(Cl)Cl)n1. The van der Waals surface area contributed by atoms with Gasteiger partial charge in [0.05, 0.1) is 0 Å². The Morgan fingerprint density at radius 1 is 1.16 bits per heavy atom. The molecule has 1 aromatic heterocycles. The number of rotatable bonds is 2. The summed E-state index contributed by atoms with van der Waals surface area (Å²) in [7, 11) is 0. The second-order valence-corrected chi connectivity index (χ2v) is 7.74. The first-order valence-electron chi connectivity index (χ1n) is 7.33. The maximum absolute atomic E-state index is 6.32. The van der Waals surface area contributed by atoms with Gasteiger partial charge in [0.2, 0.25) is 5.89 Å². The molecule has 4 atom stereocenters. The van der Waals surface area contributed by atoms with Crippen LogP contribution in [0.3, 0.4) is 0 Å². The van der Waals surface area contributed by atoms with Crippen molar-refractivity contribution in [2.75, 3.05) is 0 Å². The zero-order valence-corrected chi connectivity index (χ0v) is 12.5. The van der Waals surface area contributed by atoms with Gasteiger partial charge in [-0.1, -0.05) is 12.1 Å². The van der Waals surface area contributed by atoms with E-state index in [0.29, 0.717) is 17.8 Å². The van der Waals surface area contributed by atoms with Crippen molar-refractivity contribution >= 4 is 23.2 Å². The first-order chi connectivity index (χ1) is 9.13. The molecule has 0 radical (unpaired) electrons. The molecule has 0 amide bonds. The molecule has 0 aromatic carbocycles. The molecule has 3 aliphatic rings. The Morgan fingerprint density at radius 2 is 1.79 bits per heavy atom. The first kappa shape index (κ1) is 12.5. The Bertz CT molecular complexity index is 479. The van der Waals surface area contributed by atoms with E-state index in [-0.39, 0.29) is 0 Å². The summed E-state index contributed by atoms with van der Waals surface area (Å²) in [5, 5.41) is 4.02. The van der Waals surface area contributed by atoms with Gasteiger partial charge in [-0.2, -0.15) is 4.98 Å². The van der Waals surface area contributed by atoms with E-state index in [9.17, 15) is 0 Å². The summed E-state index contributed by atoms with van der Waals surface area (Å²) in [6.45, 7) is 2.05. The van der Waals surface area contributed by atoms with Gasteiger partial charge in [-0.3, -0.25) is 0 Å². The molecule has 5 heteroatoms. The summed E-state index contributed by atoms with van der Waals surface area (Å²) in [4.78, 5) is 4.51. The average Bonchev–Trinajstić information content (AvgIpc) is 3.04. The quantitative estimate of drug-likeness (QED) is 0.776. The summed E-state index contributed by atoms with van der Waals surface area (Å²) in [6, 6.07) is 0. The number of halogens is 2. The zero-order chi connectivity index (χ0) is 13.2. The van der Waals surface area contributed by atoms with Crippen LogP contribution in [0.15, 0.2) is 4.52 Å². The molecule has 0 N–H and O–H groups in total. The van der Waals surface area contributed by atoms with Crippen molar-refractivity contribution in [3.05, 3.63) is 11.7 Å². The van der Waals surface area contributed by atoms with Crippen LogP contribution in [0.25, 0.3) is 0 Å². The summed E-state index contributed by atoms with van der Waals surface area (Å²) in [6.07, 6.45) is 5.58. The molecular weight excluding hydrogens is 283 g/mol. The number of aromatic nitrogens is 2. The number of hydrogen-bond donors (Lipinski definition) is 0. The normalized spacial score (nSPS) is 42.8. The Hall–Kier alpha value is -0.280. The average molecular weight is 301 g/mol. The van der Waals surface area contributed by atoms with Crippen molar-refractivity contribution in [1.82, 2.24) is 10.1 Å². The molecule has 3 aliphatic carbocycles. The van der Waals surface area contributed by atoms with Gasteiger partial charge in [-0.05, 0) is 49.4 Å². The Kier molecular flexibility index (Phi) is 2.69. The van der Waals surface area contributed by atoms with Crippen molar-refractivity contribution in [1.29, 1.82) is 0 Å². The molecule has 104 valence electrons. The van der Waals surface area contributed by atoms with Crippen LogP contribution in [0, 0.1) is 23.7 Å². The third-order valence-electron chi connectivity index (χ3n) is 5.40. The van der Waals surface area contributed by atoms with E-state index in [2.05, 4.69) is 17.1 Å². The predicted molar refractivity (Wildman–Crippen MR) is 73.3 cm³/mol. The van der Waals surface area contributed by atoms with Gasteiger partial charge < -0.3 is 4.52 Å². The third-order valence-corrected chi connectivity index (χ3v) is 6.53. The van der Waals surface area contributed by atoms with E-state index in [4.69, 9.17) is 27.7 Å². The fourth-order valence-electron chi connectivity index (χ4n) is 4.14. The molecule has 0 bridgehead atoms. The van der Waals surface area contributed by atoms with E-state index in [0.717, 1.165) is 42.8 Å². The zero-order valence-electron chi connectivity index (χ0n) is 11.0. The molecule has 3 saturated carbocycles. The highest BCUT2D eigenvalue weighted by Crippen LogP contribution is 2.69. The second-order valence-electron chi connectivity index (χ2n) is 6.30. The fraction of sp³-hybridized carbons (Fsp3) is 0.857. The third kappa shape index (κ3) is 1.84. The lowest BCUT2D eigenvalue weighted by atomic mass is 10.0. The highest BCUT2D eigenvalue weighted by Gasteiger charge is 2.65. The molecule has 3 nitrogen and oxygen atoms in total. The number of nitrogens with zero attached hydrogens (tertiary/aromatic N) is 2. The Morgan fingerprint density at radius 3 is 2.32 bits per heavy atom. The maximum Gasteiger partial charge on any atom is 0.230 e. The lowest BCUT2D eigenvalue weighted by Gasteiger charge is -2.03. The molecule has 0 spiro atoms. The molecule has 3 fully saturated rings.